The van der Waals surface area contributed by atoms with E-state index in [0.29, 0.717) is 0 Å². The minimum absolute atomic E-state index is 0.0778. The van der Waals surface area contributed by atoms with E-state index in [2.05, 4.69) is 4.98 Å². The highest BCUT2D eigenvalue weighted by atomic mass is 16.4. The van der Waals surface area contributed by atoms with Gasteiger partial charge in [-0.1, -0.05) is 30.4 Å². The van der Waals surface area contributed by atoms with Gasteiger partial charge in [0.05, 0.1) is 11.8 Å². The number of para-hydroxylation sites is 1. The number of carbonyl (C=O) groups excluding carboxylic acids is 2. The van der Waals surface area contributed by atoms with E-state index in [1.54, 1.807) is 6.20 Å². The molecule has 2 amide bonds. The maximum absolute atomic E-state index is 12.9. The van der Waals surface area contributed by atoms with Crippen molar-refractivity contribution in [1.82, 2.24) is 9.88 Å². The average Bonchev–Trinajstić information content (AvgIpc) is 3.37. The highest BCUT2D eigenvalue weighted by molar-refractivity contribution is 6.09. The number of rotatable bonds is 4. The summed E-state index contributed by atoms with van der Waals surface area (Å²) < 4.78 is 0. The van der Waals surface area contributed by atoms with Crippen molar-refractivity contribution in [3.05, 3.63) is 48.2 Å². The van der Waals surface area contributed by atoms with E-state index in [0.717, 1.165) is 27.8 Å². The maximum Gasteiger partial charge on any atom is 0.327 e. The summed E-state index contributed by atoms with van der Waals surface area (Å²) in [4.78, 5) is 42.0. The minimum atomic E-state index is -1.17. The van der Waals surface area contributed by atoms with E-state index < -0.39 is 12.0 Å². The smallest absolute Gasteiger partial charge is 0.327 e. The molecule has 2 bridgehead atoms. The van der Waals surface area contributed by atoms with Crippen LogP contribution in [-0.2, 0) is 20.8 Å². The number of benzene rings is 1. The standard InChI is InChI=1S/C20H18N2O4/c23-18-16-10-5-6-11(7-10)17(16)19(24)22(18)15(20(25)26)8-12-9-21-14-4-2-1-3-13(12)14/h1-6,9-11,15-17,21H,7-8H2,(H,25,26)/t10-,11-,15-,16-,17-/m0/s1. The van der Waals surface area contributed by atoms with E-state index in [1.807, 2.05) is 36.4 Å². The molecule has 0 spiro atoms. The van der Waals surface area contributed by atoms with Crippen LogP contribution >= 0.6 is 0 Å². The highest BCUT2D eigenvalue weighted by Gasteiger charge is 2.61. The molecule has 6 nitrogen and oxygen atoms in total. The molecule has 6 heteroatoms. The number of nitrogens with one attached hydrogen (secondary N) is 1. The molecule has 0 unspecified atom stereocenters. The predicted octanol–water partition coefficient (Wildman–Crippen LogP) is 1.97. The summed E-state index contributed by atoms with van der Waals surface area (Å²) in [6, 6.07) is 6.44. The normalized spacial score (nSPS) is 30.4. The number of aliphatic carboxylic acids is 1. The van der Waals surface area contributed by atoms with Crippen molar-refractivity contribution in [1.29, 1.82) is 0 Å². The number of nitrogens with zero attached hydrogens (tertiary/aromatic N) is 1. The van der Waals surface area contributed by atoms with Gasteiger partial charge in [-0.05, 0) is 29.9 Å². The average molecular weight is 350 g/mol. The third-order valence-electron chi connectivity index (χ3n) is 6.19. The Morgan fingerprint density at radius 1 is 1.15 bits per heavy atom. The lowest BCUT2D eigenvalue weighted by Gasteiger charge is -2.24. The lowest BCUT2D eigenvalue weighted by Crippen LogP contribution is -2.47. The van der Waals surface area contributed by atoms with Gasteiger partial charge in [-0.3, -0.25) is 14.5 Å². The largest absolute Gasteiger partial charge is 0.480 e. The first kappa shape index (κ1) is 15.4. The lowest BCUT2D eigenvalue weighted by atomic mass is 9.85. The number of hydrogen-bond donors (Lipinski definition) is 2. The number of likely N-dealkylation sites (tertiary alicyclic amines) is 1. The van der Waals surface area contributed by atoms with Crippen molar-refractivity contribution in [3.8, 4) is 0 Å². The van der Waals surface area contributed by atoms with E-state index >= 15 is 0 Å². The zero-order valence-corrected chi connectivity index (χ0v) is 14.0. The second-order valence-corrected chi connectivity index (χ2v) is 7.46. The van der Waals surface area contributed by atoms with Crippen LogP contribution in [-0.4, -0.2) is 38.8 Å². The van der Waals surface area contributed by atoms with Gasteiger partial charge in [0.25, 0.3) is 0 Å². The van der Waals surface area contributed by atoms with Crippen molar-refractivity contribution in [2.24, 2.45) is 23.7 Å². The van der Waals surface area contributed by atoms with Gasteiger partial charge >= 0.3 is 5.97 Å². The molecule has 2 heterocycles. The van der Waals surface area contributed by atoms with Crippen LogP contribution in [0.2, 0.25) is 0 Å². The molecule has 1 saturated carbocycles. The number of aromatic nitrogens is 1. The molecule has 5 atom stereocenters. The number of aromatic amines is 1. The van der Waals surface area contributed by atoms with E-state index in [-0.39, 0.29) is 41.9 Å². The van der Waals surface area contributed by atoms with E-state index in [4.69, 9.17) is 0 Å². The zero-order chi connectivity index (χ0) is 18.0. The van der Waals surface area contributed by atoms with Gasteiger partial charge < -0.3 is 10.1 Å². The number of fused-ring (bicyclic) bond motifs is 6. The van der Waals surface area contributed by atoms with Crippen LogP contribution < -0.4 is 0 Å². The van der Waals surface area contributed by atoms with Crippen LogP contribution in [0, 0.1) is 23.7 Å². The molecule has 2 fully saturated rings. The fraction of sp³-hybridized carbons (Fsp3) is 0.350. The van der Waals surface area contributed by atoms with Crippen molar-refractivity contribution in [2.45, 2.75) is 18.9 Å². The lowest BCUT2D eigenvalue weighted by molar-refractivity contribution is -0.155. The van der Waals surface area contributed by atoms with Crippen molar-refractivity contribution >= 4 is 28.7 Å². The monoisotopic (exact) mass is 350 g/mol. The molecule has 2 aromatic rings. The predicted molar refractivity (Wildman–Crippen MR) is 93.0 cm³/mol. The highest BCUT2D eigenvalue weighted by Crippen LogP contribution is 2.53. The SMILES string of the molecule is O=C(O)[C@H](Cc1c[nH]c2ccccc12)N1C(=O)[C@@H]2[C@@H](C1=O)[C@H]1C=C[C@H]2C1. The number of imide groups is 1. The summed E-state index contributed by atoms with van der Waals surface area (Å²) in [5, 5.41) is 10.7. The summed E-state index contributed by atoms with van der Waals surface area (Å²) in [5.74, 6) is -2.36. The Kier molecular flexibility index (Phi) is 3.13. The number of carbonyl (C=O) groups is 3. The number of carboxylic acids is 1. The minimum Gasteiger partial charge on any atom is -0.480 e. The Hall–Kier alpha value is -2.89. The van der Waals surface area contributed by atoms with Gasteiger partial charge in [-0.25, -0.2) is 4.79 Å². The quantitative estimate of drug-likeness (QED) is 0.652. The number of carboxylic acid groups (broad SMARTS) is 1. The molecule has 26 heavy (non-hydrogen) atoms. The third-order valence-corrected chi connectivity index (χ3v) is 6.19. The molecule has 0 radical (unpaired) electrons. The molecule has 3 aliphatic rings. The maximum atomic E-state index is 12.9. The van der Waals surface area contributed by atoms with Crippen LogP contribution in [0.3, 0.4) is 0 Å². The Labute approximate surface area is 149 Å². The molecule has 5 rings (SSSR count). The molecule has 1 saturated heterocycles. The summed E-state index contributed by atoms with van der Waals surface area (Å²) in [6.45, 7) is 0. The Morgan fingerprint density at radius 3 is 2.46 bits per heavy atom. The molecule has 1 aliphatic heterocycles. The van der Waals surface area contributed by atoms with Crippen LogP contribution in [0.1, 0.15) is 12.0 Å². The van der Waals surface area contributed by atoms with E-state index in [1.165, 1.54) is 0 Å². The van der Waals surface area contributed by atoms with Gasteiger partial charge in [0.1, 0.15) is 6.04 Å². The van der Waals surface area contributed by atoms with Crippen molar-refractivity contribution in [3.63, 3.8) is 0 Å². The first-order valence-corrected chi connectivity index (χ1v) is 8.89. The van der Waals surface area contributed by atoms with Crippen molar-refractivity contribution < 1.29 is 19.5 Å². The van der Waals surface area contributed by atoms with Gasteiger partial charge in [0.15, 0.2) is 0 Å². The molecular formula is C20H18N2O4. The summed E-state index contributed by atoms with van der Waals surface area (Å²) >= 11 is 0. The van der Waals surface area contributed by atoms with Crippen LogP contribution in [0.4, 0.5) is 0 Å². The van der Waals surface area contributed by atoms with Gasteiger partial charge in [-0.2, -0.15) is 0 Å². The zero-order valence-electron chi connectivity index (χ0n) is 14.0. The first-order valence-electron chi connectivity index (χ1n) is 8.89. The Bertz CT molecular complexity index is 945. The second-order valence-electron chi connectivity index (χ2n) is 7.46. The summed E-state index contributed by atoms with van der Waals surface area (Å²) in [6.07, 6.45) is 6.73. The third kappa shape index (κ3) is 1.95. The summed E-state index contributed by atoms with van der Waals surface area (Å²) in [5.41, 5.74) is 1.71. The molecule has 2 N–H and O–H groups in total. The first-order chi connectivity index (χ1) is 12.6. The van der Waals surface area contributed by atoms with Crippen molar-refractivity contribution in [2.75, 3.05) is 0 Å². The molecule has 132 valence electrons. The number of amides is 2. The second kappa shape index (κ2) is 5.30. The molecule has 1 aromatic heterocycles. The number of H-pyrrole nitrogens is 1. The van der Waals surface area contributed by atoms with Gasteiger partial charge in [-0.15, -0.1) is 0 Å². The number of hydrogen-bond acceptors (Lipinski definition) is 3. The van der Waals surface area contributed by atoms with Crippen LogP contribution in [0.5, 0.6) is 0 Å². The van der Waals surface area contributed by atoms with Crippen LogP contribution in [0.25, 0.3) is 10.9 Å². The topological polar surface area (TPSA) is 90.5 Å². The Morgan fingerprint density at radius 2 is 1.81 bits per heavy atom. The fourth-order valence-electron chi connectivity index (χ4n) is 5.03. The van der Waals surface area contributed by atoms with Gasteiger partial charge in [0, 0.05) is 23.5 Å². The van der Waals surface area contributed by atoms with E-state index in [9.17, 15) is 19.5 Å². The molecular weight excluding hydrogens is 332 g/mol. The molecule has 2 aliphatic carbocycles. The van der Waals surface area contributed by atoms with Gasteiger partial charge in [0.2, 0.25) is 11.8 Å². The number of allylic oxidation sites excluding steroid dienone is 2. The molecule has 1 aromatic carbocycles. The Balaban J connectivity index is 1.49. The fourth-order valence-corrected chi connectivity index (χ4v) is 5.03. The summed E-state index contributed by atoms with van der Waals surface area (Å²) in [7, 11) is 0. The van der Waals surface area contributed by atoms with Crippen LogP contribution in [0.15, 0.2) is 42.6 Å².